The number of aromatic carboxylic acids is 1. The van der Waals surface area contributed by atoms with E-state index in [-0.39, 0.29) is 16.4 Å². The fourth-order valence-corrected chi connectivity index (χ4v) is 3.39. The molecule has 0 aliphatic heterocycles. The number of anilines is 1. The molecule has 0 radical (unpaired) electrons. The van der Waals surface area contributed by atoms with Crippen LogP contribution in [0.15, 0.2) is 24.3 Å². The van der Waals surface area contributed by atoms with Crippen molar-refractivity contribution >= 4 is 28.2 Å². The standard InChI is InChI=1S/C15H14N2O3S/c1-8(18)13-12(14(19)20)17-15(21-13)16-7-10-6-9-4-2-3-5-11(9)10/h2-5,10H,6-7H2,1H3,(H,16,17)(H,19,20). The maximum absolute atomic E-state index is 11.4. The van der Waals surface area contributed by atoms with Crippen LogP contribution in [0.2, 0.25) is 0 Å². The first-order valence-corrected chi connectivity index (χ1v) is 7.44. The van der Waals surface area contributed by atoms with Gasteiger partial charge in [0.2, 0.25) is 0 Å². The highest BCUT2D eigenvalue weighted by atomic mass is 32.1. The number of nitrogens with one attached hydrogen (secondary N) is 1. The van der Waals surface area contributed by atoms with E-state index >= 15 is 0 Å². The van der Waals surface area contributed by atoms with Gasteiger partial charge in [-0.3, -0.25) is 4.79 Å². The lowest BCUT2D eigenvalue weighted by molar-refractivity contribution is 0.0687. The van der Waals surface area contributed by atoms with Crippen LogP contribution in [0.4, 0.5) is 5.13 Å². The Labute approximate surface area is 125 Å². The van der Waals surface area contributed by atoms with Gasteiger partial charge in [0.1, 0.15) is 4.88 Å². The monoisotopic (exact) mass is 302 g/mol. The molecule has 6 heteroatoms. The largest absolute Gasteiger partial charge is 0.476 e. The van der Waals surface area contributed by atoms with Crippen LogP contribution in [0, 0.1) is 0 Å². The summed E-state index contributed by atoms with van der Waals surface area (Å²) >= 11 is 1.10. The summed E-state index contributed by atoms with van der Waals surface area (Å²) in [5, 5.41) is 12.7. The lowest BCUT2D eigenvalue weighted by atomic mass is 9.78. The predicted octanol–water partition coefficient (Wildman–Crippen LogP) is 2.80. The first-order valence-electron chi connectivity index (χ1n) is 6.63. The van der Waals surface area contributed by atoms with Gasteiger partial charge in [0.25, 0.3) is 0 Å². The van der Waals surface area contributed by atoms with Crippen molar-refractivity contribution in [3.05, 3.63) is 46.0 Å². The number of carboxylic acid groups (broad SMARTS) is 1. The molecule has 21 heavy (non-hydrogen) atoms. The molecule has 2 aromatic rings. The first kappa shape index (κ1) is 13.8. The third-order valence-electron chi connectivity index (χ3n) is 3.61. The van der Waals surface area contributed by atoms with E-state index in [1.165, 1.54) is 18.1 Å². The fourth-order valence-electron chi connectivity index (χ4n) is 2.53. The van der Waals surface area contributed by atoms with Crippen molar-refractivity contribution in [2.45, 2.75) is 19.3 Å². The van der Waals surface area contributed by atoms with Crippen LogP contribution in [0.5, 0.6) is 0 Å². The maximum Gasteiger partial charge on any atom is 0.356 e. The number of hydrogen-bond acceptors (Lipinski definition) is 5. The van der Waals surface area contributed by atoms with Gasteiger partial charge in [-0.25, -0.2) is 9.78 Å². The maximum atomic E-state index is 11.4. The zero-order valence-corrected chi connectivity index (χ0v) is 12.2. The van der Waals surface area contributed by atoms with E-state index in [4.69, 9.17) is 5.11 Å². The van der Waals surface area contributed by atoms with Gasteiger partial charge in [-0.05, 0) is 17.5 Å². The molecule has 0 saturated carbocycles. The van der Waals surface area contributed by atoms with Crippen LogP contribution in [-0.2, 0) is 6.42 Å². The molecule has 1 aromatic heterocycles. The Kier molecular flexibility index (Phi) is 3.47. The Balaban J connectivity index is 1.71. The van der Waals surface area contributed by atoms with Gasteiger partial charge in [-0.15, -0.1) is 0 Å². The van der Waals surface area contributed by atoms with Crippen molar-refractivity contribution < 1.29 is 14.7 Å². The molecule has 0 spiro atoms. The van der Waals surface area contributed by atoms with Gasteiger partial charge in [-0.2, -0.15) is 0 Å². The van der Waals surface area contributed by atoms with E-state index in [0.29, 0.717) is 17.6 Å². The molecular formula is C15H14N2O3S. The topological polar surface area (TPSA) is 79.3 Å². The van der Waals surface area contributed by atoms with E-state index < -0.39 is 5.97 Å². The molecule has 1 unspecified atom stereocenters. The Morgan fingerprint density at radius 3 is 2.81 bits per heavy atom. The molecule has 108 valence electrons. The van der Waals surface area contributed by atoms with Crippen LogP contribution >= 0.6 is 11.3 Å². The smallest absolute Gasteiger partial charge is 0.356 e. The molecule has 2 N–H and O–H groups in total. The number of thiazole rings is 1. The van der Waals surface area contributed by atoms with Crippen LogP contribution in [0.1, 0.15) is 44.1 Å². The van der Waals surface area contributed by atoms with Crippen LogP contribution in [0.3, 0.4) is 0 Å². The fraction of sp³-hybridized carbons (Fsp3) is 0.267. The number of aromatic nitrogens is 1. The number of ketones is 1. The first-order chi connectivity index (χ1) is 10.1. The summed E-state index contributed by atoms with van der Waals surface area (Å²) in [5.41, 5.74) is 2.52. The minimum Gasteiger partial charge on any atom is -0.476 e. The number of hydrogen-bond donors (Lipinski definition) is 2. The molecule has 1 heterocycles. The lowest BCUT2D eigenvalue weighted by Crippen LogP contribution is -2.24. The summed E-state index contributed by atoms with van der Waals surface area (Å²) in [5.74, 6) is -1.02. The summed E-state index contributed by atoms with van der Waals surface area (Å²) < 4.78 is 0. The zero-order chi connectivity index (χ0) is 15.0. The van der Waals surface area contributed by atoms with E-state index in [1.54, 1.807) is 0 Å². The van der Waals surface area contributed by atoms with Crippen molar-refractivity contribution in [1.29, 1.82) is 0 Å². The molecule has 1 aromatic carbocycles. The average molecular weight is 302 g/mol. The van der Waals surface area contributed by atoms with Gasteiger partial charge < -0.3 is 10.4 Å². The molecule has 5 nitrogen and oxygen atoms in total. The third kappa shape index (κ3) is 2.54. The summed E-state index contributed by atoms with van der Waals surface area (Å²) in [6, 6.07) is 8.27. The summed E-state index contributed by atoms with van der Waals surface area (Å²) in [6.45, 7) is 2.05. The Bertz CT molecular complexity index is 692. The third-order valence-corrected chi connectivity index (χ3v) is 4.72. The summed E-state index contributed by atoms with van der Waals surface area (Å²) in [7, 11) is 0. The molecule has 1 atom stereocenters. The number of rotatable bonds is 5. The molecule has 1 aliphatic rings. The van der Waals surface area contributed by atoms with Crippen LogP contribution in [-0.4, -0.2) is 28.4 Å². The van der Waals surface area contributed by atoms with Crippen molar-refractivity contribution in [1.82, 2.24) is 4.98 Å². The normalized spacial score (nSPS) is 16.0. The van der Waals surface area contributed by atoms with Crippen molar-refractivity contribution in [2.75, 3.05) is 11.9 Å². The minimum absolute atomic E-state index is 0.163. The average Bonchev–Trinajstić information content (AvgIpc) is 2.84. The quantitative estimate of drug-likeness (QED) is 0.830. The Morgan fingerprint density at radius 1 is 1.43 bits per heavy atom. The molecule has 3 rings (SSSR count). The molecular weight excluding hydrogens is 288 g/mol. The second kappa shape index (κ2) is 5.29. The van der Waals surface area contributed by atoms with Gasteiger partial charge in [0, 0.05) is 19.4 Å². The Hall–Kier alpha value is -2.21. The van der Waals surface area contributed by atoms with Gasteiger partial charge in [0.05, 0.1) is 0 Å². The second-order valence-electron chi connectivity index (χ2n) is 5.04. The summed E-state index contributed by atoms with van der Waals surface area (Å²) in [4.78, 5) is 26.7. The van der Waals surface area contributed by atoms with Gasteiger partial charge in [-0.1, -0.05) is 35.6 Å². The number of carboxylic acids is 1. The molecule has 0 saturated heterocycles. The number of fused-ring (bicyclic) bond motifs is 1. The summed E-state index contributed by atoms with van der Waals surface area (Å²) in [6.07, 6.45) is 1.01. The minimum atomic E-state index is -1.17. The highest BCUT2D eigenvalue weighted by Crippen LogP contribution is 2.35. The highest BCUT2D eigenvalue weighted by molar-refractivity contribution is 7.17. The van der Waals surface area contributed by atoms with Crippen LogP contribution in [0.25, 0.3) is 0 Å². The SMILES string of the molecule is CC(=O)c1sc(NCC2Cc3ccccc32)nc1C(=O)O. The van der Waals surface area contributed by atoms with Crippen molar-refractivity contribution in [3.8, 4) is 0 Å². The number of carbonyl (C=O) groups is 2. The molecule has 0 amide bonds. The van der Waals surface area contributed by atoms with E-state index in [1.807, 2.05) is 12.1 Å². The van der Waals surface area contributed by atoms with E-state index in [0.717, 1.165) is 17.8 Å². The highest BCUT2D eigenvalue weighted by Gasteiger charge is 2.26. The molecule has 0 bridgehead atoms. The Morgan fingerprint density at radius 2 is 2.19 bits per heavy atom. The van der Waals surface area contributed by atoms with Crippen LogP contribution < -0.4 is 5.32 Å². The van der Waals surface area contributed by atoms with Gasteiger partial charge >= 0.3 is 5.97 Å². The zero-order valence-electron chi connectivity index (χ0n) is 11.4. The number of benzene rings is 1. The lowest BCUT2D eigenvalue weighted by Gasteiger charge is -2.30. The van der Waals surface area contributed by atoms with Gasteiger partial charge in [0.15, 0.2) is 16.6 Å². The van der Waals surface area contributed by atoms with E-state index in [2.05, 4.69) is 22.4 Å². The van der Waals surface area contributed by atoms with Crippen molar-refractivity contribution in [2.24, 2.45) is 0 Å². The second-order valence-corrected chi connectivity index (χ2v) is 6.04. The number of carbonyl (C=O) groups excluding carboxylic acids is 1. The number of Topliss-reactive ketones (excluding diaryl/α,β-unsaturated/α-hetero) is 1. The van der Waals surface area contributed by atoms with E-state index in [9.17, 15) is 9.59 Å². The van der Waals surface area contributed by atoms with Crippen molar-refractivity contribution in [3.63, 3.8) is 0 Å². The molecule has 0 fully saturated rings. The predicted molar refractivity (Wildman–Crippen MR) is 80.5 cm³/mol. The number of nitrogens with zero attached hydrogens (tertiary/aromatic N) is 1. The molecule has 1 aliphatic carbocycles.